The molecular weight excluding hydrogens is 204 g/mol. The molecule has 5 heteroatoms. The summed E-state index contributed by atoms with van der Waals surface area (Å²) >= 11 is 0. The number of ether oxygens (including phenoxy) is 1. The van der Waals surface area contributed by atoms with E-state index < -0.39 is 0 Å². The van der Waals surface area contributed by atoms with Gasteiger partial charge in [0.1, 0.15) is 0 Å². The fourth-order valence-corrected chi connectivity index (χ4v) is 2.31. The van der Waals surface area contributed by atoms with Crippen LogP contribution in [0.5, 0.6) is 0 Å². The van der Waals surface area contributed by atoms with Gasteiger partial charge in [-0.2, -0.15) is 0 Å². The molecule has 0 bridgehead atoms. The van der Waals surface area contributed by atoms with Crippen molar-refractivity contribution in [3.63, 3.8) is 0 Å². The summed E-state index contributed by atoms with van der Waals surface area (Å²) in [6, 6.07) is 0.380. The van der Waals surface area contributed by atoms with Crippen LogP contribution in [0.3, 0.4) is 0 Å². The van der Waals surface area contributed by atoms with Gasteiger partial charge >= 0.3 is 0 Å². The van der Waals surface area contributed by atoms with Crippen molar-refractivity contribution >= 4 is 0 Å². The predicted molar refractivity (Wildman–Crippen MR) is 62.2 cm³/mol. The fourth-order valence-electron chi connectivity index (χ4n) is 2.31. The molecule has 0 spiro atoms. The summed E-state index contributed by atoms with van der Waals surface area (Å²) in [6.45, 7) is 3.82. The van der Waals surface area contributed by atoms with Crippen molar-refractivity contribution in [2.24, 2.45) is 5.73 Å². The van der Waals surface area contributed by atoms with Crippen molar-refractivity contribution in [3.05, 3.63) is 18.7 Å². The van der Waals surface area contributed by atoms with Gasteiger partial charge in [0.05, 0.1) is 18.5 Å². The van der Waals surface area contributed by atoms with Crippen LogP contribution in [0.15, 0.2) is 18.7 Å². The van der Waals surface area contributed by atoms with Crippen LogP contribution in [0.1, 0.15) is 12.5 Å². The Bertz CT molecular complexity index is 301. The Morgan fingerprint density at radius 3 is 3.00 bits per heavy atom. The zero-order valence-electron chi connectivity index (χ0n) is 9.75. The highest BCUT2D eigenvalue weighted by molar-refractivity contribution is 4.92. The largest absolute Gasteiger partial charge is 0.378 e. The molecule has 0 aromatic carbocycles. The van der Waals surface area contributed by atoms with Crippen LogP contribution in [0.4, 0.5) is 0 Å². The maximum absolute atomic E-state index is 5.54. The number of likely N-dealkylation sites (tertiary alicyclic amines) is 1. The molecule has 0 radical (unpaired) electrons. The second kappa shape index (κ2) is 5.43. The highest BCUT2D eigenvalue weighted by Crippen LogP contribution is 2.24. The van der Waals surface area contributed by atoms with Crippen molar-refractivity contribution in [2.75, 3.05) is 33.3 Å². The maximum atomic E-state index is 5.54. The quantitative estimate of drug-likeness (QED) is 0.771. The number of nitrogens with zero attached hydrogens (tertiary/aromatic N) is 3. The van der Waals surface area contributed by atoms with E-state index in [1.807, 2.05) is 18.7 Å². The van der Waals surface area contributed by atoms with Crippen molar-refractivity contribution in [2.45, 2.75) is 18.6 Å². The molecule has 1 fully saturated rings. The molecule has 1 aliphatic rings. The van der Waals surface area contributed by atoms with Crippen molar-refractivity contribution < 1.29 is 4.74 Å². The van der Waals surface area contributed by atoms with Crippen LogP contribution in [0.25, 0.3) is 0 Å². The molecule has 0 amide bonds. The molecule has 0 aliphatic carbocycles. The van der Waals surface area contributed by atoms with Crippen LogP contribution < -0.4 is 5.73 Å². The molecular formula is C11H20N4O. The lowest BCUT2D eigenvalue weighted by Crippen LogP contribution is -2.25. The topological polar surface area (TPSA) is 56.3 Å². The molecule has 2 heterocycles. The number of aromatic nitrogens is 2. The summed E-state index contributed by atoms with van der Waals surface area (Å²) in [6.07, 6.45) is 6.99. The third-order valence-corrected chi connectivity index (χ3v) is 3.20. The Hall–Kier alpha value is -0.910. The molecule has 1 aliphatic heterocycles. The molecule has 5 nitrogen and oxygen atoms in total. The summed E-state index contributed by atoms with van der Waals surface area (Å²) in [5, 5.41) is 0. The van der Waals surface area contributed by atoms with E-state index >= 15 is 0 Å². The van der Waals surface area contributed by atoms with Crippen LogP contribution >= 0.6 is 0 Å². The van der Waals surface area contributed by atoms with Crippen LogP contribution in [-0.2, 0) is 4.74 Å². The summed E-state index contributed by atoms with van der Waals surface area (Å²) in [5.41, 5.74) is 5.53. The van der Waals surface area contributed by atoms with Crippen molar-refractivity contribution in [3.8, 4) is 0 Å². The molecule has 0 unspecified atom stereocenters. The zero-order valence-corrected chi connectivity index (χ0v) is 9.75. The maximum Gasteiger partial charge on any atom is 0.0949 e. The van der Waals surface area contributed by atoms with Gasteiger partial charge in [0, 0.05) is 32.6 Å². The first kappa shape index (κ1) is 11.6. The highest BCUT2D eigenvalue weighted by Gasteiger charge is 2.33. The second-order valence-electron chi connectivity index (χ2n) is 4.25. The lowest BCUT2D eigenvalue weighted by Gasteiger charge is -2.17. The minimum absolute atomic E-state index is 0.256. The van der Waals surface area contributed by atoms with E-state index in [0.717, 1.165) is 32.6 Å². The smallest absolute Gasteiger partial charge is 0.0949 e. The van der Waals surface area contributed by atoms with E-state index in [0.29, 0.717) is 6.04 Å². The summed E-state index contributed by atoms with van der Waals surface area (Å²) in [5.74, 6) is 0. The van der Waals surface area contributed by atoms with Gasteiger partial charge in [0.25, 0.3) is 0 Å². The molecule has 1 aromatic heterocycles. The first-order chi connectivity index (χ1) is 7.85. The van der Waals surface area contributed by atoms with Crippen LogP contribution in [0, 0.1) is 0 Å². The van der Waals surface area contributed by atoms with E-state index in [-0.39, 0.29) is 6.10 Å². The number of methoxy groups -OCH3 is 1. The Labute approximate surface area is 96.2 Å². The average Bonchev–Trinajstić information content (AvgIpc) is 2.94. The number of nitrogens with two attached hydrogens (primary N) is 1. The average molecular weight is 224 g/mol. The molecule has 1 saturated heterocycles. The van der Waals surface area contributed by atoms with E-state index in [1.165, 1.54) is 0 Å². The predicted octanol–water partition coefficient (Wildman–Crippen LogP) is 0.104. The van der Waals surface area contributed by atoms with Gasteiger partial charge in [0.15, 0.2) is 0 Å². The molecule has 2 atom stereocenters. The third kappa shape index (κ3) is 2.42. The number of hydrogen-bond acceptors (Lipinski definition) is 4. The molecule has 1 aromatic rings. The molecule has 90 valence electrons. The SMILES string of the molecule is CO[C@@H]1CN(CCCN)C[C@H]1n1ccnc1. The lowest BCUT2D eigenvalue weighted by molar-refractivity contribution is 0.0815. The van der Waals surface area contributed by atoms with E-state index in [9.17, 15) is 0 Å². The Balaban J connectivity index is 1.97. The van der Waals surface area contributed by atoms with Gasteiger partial charge in [-0.15, -0.1) is 0 Å². The highest BCUT2D eigenvalue weighted by atomic mass is 16.5. The summed E-state index contributed by atoms with van der Waals surface area (Å²) < 4.78 is 7.67. The van der Waals surface area contributed by atoms with Gasteiger partial charge in [0.2, 0.25) is 0 Å². The fraction of sp³-hybridized carbons (Fsp3) is 0.727. The second-order valence-corrected chi connectivity index (χ2v) is 4.25. The number of hydrogen-bond donors (Lipinski definition) is 1. The first-order valence-electron chi connectivity index (χ1n) is 5.78. The van der Waals surface area contributed by atoms with Gasteiger partial charge in [-0.05, 0) is 19.5 Å². The first-order valence-corrected chi connectivity index (χ1v) is 5.78. The standard InChI is InChI=1S/C11H20N4O/c1-16-11-8-14(5-2-3-12)7-10(11)15-6-4-13-9-15/h4,6,9-11H,2-3,5,7-8,12H2,1H3/t10-,11-/m1/s1. The number of rotatable bonds is 5. The third-order valence-electron chi connectivity index (χ3n) is 3.20. The van der Waals surface area contributed by atoms with E-state index in [2.05, 4.69) is 14.5 Å². The van der Waals surface area contributed by atoms with E-state index in [1.54, 1.807) is 7.11 Å². The van der Waals surface area contributed by atoms with E-state index in [4.69, 9.17) is 10.5 Å². The van der Waals surface area contributed by atoms with Gasteiger partial charge in [-0.3, -0.25) is 4.90 Å². The summed E-state index contributed by atoms with van der Waals surface area (Å²) in [7, 11) is 1.78. The minimum atomic E-state index is 0.256. The minimum Gasteiger partial charge on any atom is -0.378 e. The Morgan fingerprint density at radius 2 is 2.38 bits per heavy atom. The van der Waals surface area contributed by atoms with Gasteiger partial charge in [-0.1, -0.05) is 0 Å². The van der Waals surface area contributed by atoms with Gasteiger partial charge < -0.3 is 15.0 Å². The Kier molecular flexibility index (Phi) is 3.93. The van der Waals surface area contributed by atoms with Crippen molar-refractivity contribution in [1.82, 2.24) is 14.5 Å². The zero-order chi connectivity index (χ0) is 11.4. The molecule has 0 saturated carbocycles. The van der Waals surface area contributed by atoms with Crippen LogP contribution in [0.2, 0.25) is 0 Å². The molecule has 16 heavy (non-hydrogen) atoms. The Morgan fingerprint density at radius 1 is 1.50 bits per heavy atom. The number of imidazole rings is 1. The monoisotopic (exact) mass is 224 g/mol. The summed E-state index contributed by atoms with van der Waals surface area (Å²) in [4.78, 5) is 6.50. The normalized spacial score (nSPS) is 26.4. The van der Waals surface area contributed by atoms with Crippen LogP contribution in [-0.4, -0.2) is 53.8 Å². The molecule has 2 N–H and O–H groups in total. The van der Waals surface area contributed by atoms with Gasteiger partial charge in [-0.25, -0.2) is 4.98 Å². The molecule has 2 rings (SSSR count). The lowest BCUT2D eigenvalue weighted by atomic mass is 10.2. The van der Waals surface area contributed by atoms with Crippen molar-refractivity contribution in [1.29, 1.82) is 0 Å².